The van der Waals surface area contributed by atoms with Gasteiger partial charge in [-0.15, -0.1) is 0 Å². The summed E-state index contributed by atoms with van der Waals surface area (Å²) in [5.74, 6) is 1.46. The molecule has 2 aliphatic heterocycles. The highest BCUT2D eigenvalue weighted by atomic mass is 16.6. The lowest BCUT2D eigenvalue weighted by molar-refractivity contribution is -0.109. The Hall–Kier alpha value is -0.120. The van der Waals surface area contributed by atoms with E-state index in [1.807, 2.05) is 0 Å². The lowest BCUT2D eigenvalue weighted by atomic mass is 9.75. The summed E-state index contributed by atoms with van der Waals surface area (Å²) in [6.45, 7) is 2.54. The lowest BCUT2D eigenvalue weighted by Gasteiger charge is -2.40. The highest BCUT2D eigenvalue weighted by molar-refractivity contribution is 4.92. The first kappa shape index (κ1) is 12.9. The average Bonchev–Trinajstić information content (AvgIpc) is 2.69. The number of hydrogen-bond acceptors (Lipinski definition) is 3. The molecule has 0 aromatic carbocycles. The minimum atomic E-state index is -0.0591. The molecule has 3 aliphatic rings. The van der Waals surface area contributed by atoms with Gasteiger partial charge in [-0.25, -0.2) is 0 Å². The van der Waals surface area contributed by atoms with Crippen LogP contribution in [0.1, 0.15) is 51.4 Å². The molecule has 0 aromatic heterocycles. The van der Waals surface area contributed by atoms with E-state index < -0.39 is 0 Å². The van der Waals surface area contributed by atoms with Crippen LogP contribution in [0.4, 0.5) is 0 Å². The first-order valence-electron chi connectivity index (χ1n) is 7.67. The molecule has 4 unspecified atom stereocenters. The standard InChI is InChI=1S/C15H26O3/c16-14-4-2-1-3-12(9-14)13-5-7-18-15(10-13)6-8-17-11-15/h12-14,16H,1-11H2. The van der Waals surface area contributed by atoms with Gasteiger partial charge in [0.2, 0.25) is 0 Å². The molecule has 0 bridgehead atoms. The molecule has 3 nitrogen and oxygen atoms in total. The minimum absolute atomic E-state index is 0.0279. The van der Waals surface area contributed by atoms with Gasteiger partial charge >= 0.3 is 0 Å². The Labute approximate surface area is 110 Å². The molecule has 3 heteroatoms. The van der Waals surface area contributed by atoms with Crippen molar-refractivity contribution in [2.24, 2.45) is 11.8 Å². The fourth-order valence-corrected chi connectivity index (χ4v) is 4.13. The van der Waals surface area contributed by atoms with E-state index in [4.69, 9.17) is 9.47 Å². The number of rotatable bonds is 1. The SMILES string of the molecule is OC1CCCCC(C2CCOC3(CCOC3)C2)C1. The Morgan fingerprint density at radius 2 is 1.89 bits per heavy atom. The molecule has 1 N–H and O–H groups in total. The zero-order chi connectivity index (χ0) is 12.4. The molecule has 104 valence electrons. The molecule has 0 amide bonds. The van der Waals surface area contributed by atoms with Crippen molar-refractivity contribution >= 4 is 0 Å². The average molecular weight is 254 g/mol. The fourth-order valence-electron chi connectivity index (χ4n) is 4.13. The molecule has 1 saturated carbocycles. The van der Waals surface area contributed by atoms with E-state index in [-0.39, 0.29) is 11.7 Å². The van der Waals surface area contributed by atoms with Crippen LogP contribution < -0.4 is 0 Å². The number of ether oxygens (including phenoxy) is 2. The van der Waals surface area contributed by atoms with E-state index in [9.17, 15) is 5.11 Å². The maximum atomic E-state index is 9.99. The van der Waals surface area contributed by atoms with Gasteiger partial charge in [0.1, 0.15) is 0 Å². The topological polar surface area (TPSA) is 38.7 Å². The van der Waals surface area contributed by atoms with Gasteiger partial charge in [0.05, 0.1) is 18.3 Å². The third-order valence-electron chi connectivity index (χ3n) is 5.20. The van der Waals surface area contributed by atoms with Crippen molar-refractivity contribution in [3.8, 4) is 0 Å². The van der Waals surface area contributed by atoms with Crippen LogP contribution in [0.5, 0.6) is 0 Å². The van der Waals surface area contributed by atoms with Crippen LogP contribution in [0.3, 0.4) is 0 Å². The Morgan fingerprint density at radius 3 is 2.72 bits per heavy atom. The smallest absolute Gasteiger partial charge is 0.0939 e. The molecule has 0 radical (unpaired) electrons. The fraction of sp³-hybridized carbons (Fsp3) is 1.00. The van der Waals surface area contributed by atoms with Crippen molar-refractivity contribution in [1.82, 2.24) is 0 Å². The molecule has 0 aromatic rings. The van der Waals surface area contributed by atoms with Gasteiger partial charge in [-0.3, -0.25) is 0 Å². The van der Waals surface area contributed by atoms with E-state index in [0.717, 1.165) is 51.4 Å². The van der Waals surface area contributed by atoms with Crippen molar-refractivity contribution in [2.45, 2.75) is 63.1 Å². The summed E-state index contributed by atoms with van der Waals surface area (Å²) in [4.78, 5) is 0. The minimum Gasteiger partial charge on any atom is -0.393 e. The van der Waals surface area contributed by atoms with E-state index in [1.54, 1.807) is 0 Å². The van der Waals surface area contributed by atoms with Crippen LogP contribution in [0.15, 0.2) is 0 Å². The predicted octanol–water partition coefficient (Wildman–Crippen LogP) is 2.51. The van der Waals surface area contributed by atoms with Gasteiger partial charge in [0, 0.05) is 19.6 Å². The third-order valence-corrected chi connectivity index (χ3v) is 5.20. The summed E-state index contributed by atoms with van der Waals surface area (Å²) in [5, 5.41) is 9.99. The van der Waals surface area contributed by atoms with Gasteiger partial charge in [-0.2, -0.15) is 0 Å². The first-order valence-corrected chi connectivity index (χ1v) is 7.67. The van der Waals surface area contributed by atoms with Crippen LogP contribution in [0, 0.1) is 11.8 Å². The highest BCUT2D eigenvalue weighted by Crippen LogP contribution is 2.42. The first-order chi connectivity index (χ1) is 8.77. The molecule has 18 heavy (non-hydrogen) atoms. The highest BCUT2D eigenvalue weighted by Gasteiger charge is 2.43. The maximum Gasteiger partial charge on any atom is 0.0939 e. The summed E-state index contributed by atoms with van der Waals surface area (Å²) in [5.41, 5.74) is 0.0279. The summed E-state index contributed by atoms with van der Waals surface area (Å²) in [6.07, 6.45) is 9.17. The zero-order valence-corrected chi connectivity index (χ0v) is 11.3. The normalized spacial score (nSPS) is 46.2. The Bertz CT molecular complexity index is 273. The number of hydrogen-bond donors (Lipinski definition) is 1. The molecule has 1 spiro atoms. The Morgan fingerprint density at radius 1 is 1.00 bits per heavy atom. The second kappa shape index (κ2) is 5.48. The molecule has 3 rings (SSSR count). The van der Waals surface area contributed by atoms with Crippen molar-refractivity contribution < 1.29 is 14.6 Å². The molecule has 2 heterocycles. The molecule has 2 saturated heterocycles. The van der Waals surface area contributed by atoms with E-state index in [0.29, 0.717) is 5.92 Å². The summed E-state index contributed by atoms with van der Waals surface area (Å²) >= 11 is 0. The van der Waals surface area contributed by atoms with Crippen LogP contribution in [0.25, 0.3) is 0 Å². The van der Waals surface area contributed by atoms with Crippen molar-refractivity contribution in [3.05, 3.63) is 0 Å². The quantitative estimate of drug-likeness (QED) is 0.731. The van der Waals surface area contributed by atoms with E-state index in [1.165, 1.54) is 25.7 Å². The molecule has 1 aliphatic carbocycles. The molecule has 4 atom stereocenters. The van der Waals surface area contributed by atoms with Gasteiger partial charge in [-0.05, 0) is 37.5 Å². The van der Waals surface area contributed by atoms with Crippen molar-refractivity contribution in [3.63, 3.8) is 0 Å². The summed E-state index contributed by atoms with van der Waals surface area (Å²) < 4.78 is 11.6. The van der Waals surface area contributed by atoms with Gasteiger partial charge in [0.25, 0.3) is 0 Å². The van der Waals surface area contributed by atoms with Crippen molar-refractivity contribution in [1.29, 1.82) is 0 Å². The third kappa shape index (κ3) is 2.73. The maximum absolute atomic E-state index is 9.99. The number of aliphatic hydroxyl groups excluding tert-OH is 1. The second-order valence-electron chi connectivity index (χ2n) is 6.52. The largest absolute Gasteiger partial charge is 0.393 e. The predicted molar refractivity (Wildman–Crippen MR) is 69.4 cm³/mol. The van der Waals surface area contributed by atoms with Crippen molar-refractivity contribution in [2.75, 3.05) is 19.8 Å². The zero-order valence-electron chi connectivity index (χ0n) is 11.3. The van der Waals surface area contributed by atoms with Gasteiger partial charge in [-0.1, -0.05) is 19.3 Å². The molecular formula is C15H26O3. The van der Waals surface area contributed by atoms with E-state index >= 15 is 0 Å². The monoisotopic (exact) mass is 254 g/mol. The second-order valence-corrected chi connectivity index (χ2v) is 6.52. The van der Waals surface area contributed by atoms with Crippen LogP contribution in [0.2, 0.25) is 0 Å². The van der Waals surface area contributed by atoms with Crippen LogP contribution in [-0.2, 0) is 9.47 Å². The summed E-state index contributed by atoms with van der Waals surface area (Å²) in [6, 6.07) is 0. The summed E-state index contributed by atoms with van der Waals surface area (Å²) in [7, 11) is 0. The Balaban J connectivity index is 1.63. The van der Waals surface area contributed by atoms with Gasteiger partial charge in [0.15, 0.2) is 0 Å². The lowest BCUT2D eigenvalue weighted by Crippen LogP contribution is -2.42. The van der Waals surface area contributed by atoms with Crippen LogP contribution in [-0.4, -0.2) is 36.6 Å². The molecule has 3 fully saturated rings. The van der Waals surface area contributed by atoms with Gasteiger partial charge < -0.3 is 14.6 Å². The van der Waals surface area contributed by atoms with Crippen LogP contribution >= 0.6 is 0 Å². The molecular weight excluding hydrogens is 228 g/mol. The Kier molecular flexibility index (Phi) is 3.92. The number of aliphatic hydroxyl groups is 1. The van der Waals surface area contributed by atoms with E-state index in [2.05, 4.69) is 0 Å².